The molecule has 0 heterocycles. The predicted molar refractivity (Wildman–Crippen MR) is 34.6 cm³/mol. The van der Waals surface area contributed by atoms with Crippen molar-refractivity contribution in [1.82, 2.24) is 0 Å². The Hall–Kier alpha value is -0.390. The Balaban J connectivity index is 2.43. The molecular formula is C7H9F5O. The lowest BCUT2D eigenvalue weighted by Gasteiger charge is -2.28. The standard InChI is InChI=1S/C7H9F5O/c8-4-1-2-6(5(9)3-4)13-7(10,11)12/h4-6H,1-3H2. The number of hydrogen-bond donors (Lipinski definition) is 0. The molecule has 1 aliphatic rings. The van der Waals surface area contributed by atoms with E-state index in [4.69, 9.17) is 0 Å². The molecular weight excluding hydrogens is 195 g/mol. The second kappa shape index (κ2) is 3.77. The fourth-order valence-corrected chi connectivity index (χ4v) is 1.34. The molecule has 1 saturated carbocycles. The van der Waals surface area contributed by atoms with E-state index in [1.165, 1.54) is 0 Å². The molecule has 1 rings (SSSR count). The molecule has 78 valence electrons. The summed E-state index contributed by atoms with van der Waals surface area (Å²) in [6.07, 6.45) is -10.4. The quantitative estimate of drug-likeness (QED) is 0.597. The van der Waals surface area contributed by atoms with Crippen LogP contribution in [0.3, 0.4) is 0 Å². The number of halogens is 5. The van der Waals surface area contributed by atoms with Crippen molar-refractivity contribution in [2.75, 3.05) is 0 Å². The van der Waals surface area contributed by atoms with Crippen LogP contribution in [0.15, 0.2) is 0 Å². The monoisotopic (exact) mass is 204 g/mol. The van der Waals surface area contributed by atoms with E-state index in [0.717, 1.165) is 0 Å². The van der Waals surface area contributed by atoms with E-state index in [0.29, 0.717) is 0 Å². The van der Waals surface area contributed by atoms with Gasteiger partial charge in [0, 0.05) is 6.42 Å². The number of alkyl halides is 5. The lowest BCUT2D eigenvalue weighted by atomic mass is 9.94. The number of rotatable bonds is 1. The van der Waals surface area contributed by atoms with Crippen molar-refractivity contribution < 1.29 is 26.7 Å². The van der Waals surface area contributed by atoms with Gasteiger partial charge in [0.2, 0.25) is 0 Å². The van der Waals surface area contributed by atoms with Gasteiger partial charge in [-0.25, -0.2) is 8.78 Å². The summed E-state index contributed by atoms with van der Waals surface area (Å²) < 4.78 is 63.6. The van der Waals surface area contributed by atoms with Gasteiger partial charge in [0.05, 0.1) is 6.10 Å². The maximum atomic E-state index is 12.8. The van der Waals surface area contributed by atoms with Crippen LogP contribution in [-0.2, 0) is 4.74 Å². The van der Waals surface area contributed by atoms with Crippen LogP contribution in [0.4, 0.5) is 22.0 Å². The SMILES string of the molecule is FC1CCC(OC(F)(F)F)C(F)C1. The molecule has 0 aromatic rings. The summed E-state index contributed by atoms with van der Waals surface area (Å²) in [6.45, 7) is 0. The molecule has 0 aliphatic heterocycles. The molecule has 0 N–H and O–H groups in total. The van der Waals surface area contributed by atoms with Crippen LogP contribution in [0.25, 0.3) is 0 Å². The minimum Gasteiger partial charge on any atom is -0.286 e. The van der Waals surface area contributed by atoms with Crippen molar-refractivity contribution in [2.45, 2.75) is 44.1 Å². The average Bonchev–Trinajstić information content (AvgIpc) is 1.93. The third-order valence-electron chi connectivity index (χ3n) is 1.93. The van der Waals surface area contributed by atoms with E-state index in [9.17, 15) is 22.0 Å². The van der Waals surface area contributed by atoms with Gasteiger partial charge in [0.25, 0.3) is 0 Å². The smallest absolute Gasteiger partial charge is 0.286 e. The molecule has 0 spiro atoms. The van der Waals surface area contributed by atoms with E-state index in [1.807, 2.05) is 0 Å². The summed E-state index contributed by atoms with van der Waals surface area (Å²) in [5.74, 6) is 0. The Morgan fingerprint density at radius 1 is 1.08 bits per heavy atom. The molecule has 0 aromatic heterocycles. The molecule has 0 amide bonds. The molecule has 6 heteroatoms. The minimum atomic E-state index is -4.84. The van der Waals surface area contributed by atoms with E-state index >= 15 is 0 Å². The molecule has 1 aliphatic carbocycles. The van der Waals surface area contributed by atoms with Crippen LogP contribution in [0.1, 0.15) is 19.3 Å². The van der Waals surface area contributed by atoms with Crippen LogP contribution in [0, 0.1) is 0 Å². The minimum absolute atomic E-state index is 0.0683. The van der Waals surface area contributed by atoms with Crippen LogP contribution in [-0.4, -0.2) is 24.8 Å². The molecule has 0 aromatic carbocycles. The highest BCUT2D eigenvalue weighted by molar-refractivity contribution is 4.80. The maximum Gasteiger partial charge on any atom is 0.522 e. The zero-order valence-electron chi connectivity index (χ0n) is 6.65. The Bertz CT molecular complexity index is 169. The summed E-state index contributed by atoms with van der Waals surface area (Å²) >= 11 is 0. The molecule has 0 saturated heterocycles. The first-order valence-electron chi connectivity index (χ1n) is 3.91. The van der Waals surface area contributed by atoms with E-state index in [1.54, 1.807) is 0 Å². The third-order valence-corrected chi connectivity index (χ3v) is 1.93. The first-order valence-corrected chi connectivity index (χ1v) is 3.91. The largest absolute Gasteiger partial charge is 0.522 e. The van der Waals surface area contributed by atoms with Gasteiger partial charge < -0.3 is 0 Å². The lowest BCUT2D eigenvalue weighted by molar-refractivity contribution is -0.351. The van der Waals surface area contributed by atoms with Crippen molar-refractivity contribution in [2.24, 2.45) is 0 Å². The van der Waals surface area contributed by atoms with Gasteiger partial charge in [-0.15, -0.1) is 13.2 Å². The van der Waals surface area contributed by atoms with Crippen molar-refractivity contribution in [3.63, 3.8) is 0 Å². The number of hydrogen-bond acceptors (Lipinski definition) is 1. The van der Waals surface area contributed by atoms with Crippen molar-refractivity contribution >= 4 is 0 Å². The fraction of sp³-hybridized carbons (Fsp3) is 1.00. The topological polar surface area (TPSA) is 9.23 Å². The first kappa shape index (κ1) is 10.7. The van der Waals surface area contributed by atoms with Gasteiger partial charge in [-0.2, -0.15) is 0 Å². The van der Waals surface area contributed by atoms with Gasteiger partial charge >= 0.3 is 6.36 Å². The molecule has 3 unspecified atom stereocenters. The van der Waals surface area contributed by atoms with Crippen LogP contribution >= 0.6 is 0 Å². The third kappa shape index (κ3) is 3.46. The summed E-state index contributed by atoms with van der Waals surface area (Å²) in [5.41, 5.74) is 0. The van der Waals surface area contributed by atoms with Crippen LogP contribution in [0.5, 0.6) is 0 Å². The zero-order chi connectivity index (χ0) is 10.1. The van der Waals surface area contributed by atoms with Gasteiger partial charge in [-0.1, -0.05) is 0 Å². The fourth-order valence-electron chi connectivity index (χ4n) is 1.34. The van der Waals surface area contributed by atoms with Gasteiger partial charge in [-0.05, 0) is 12.8 Å². The van der Waals surface area contributed by atoms with Crippen molar-refractivity contribution in [3.8, 4) is 0 Å². The highest BCUT2D eigenvalue weighted by Gasteiger charge is 2.40. The Morgan fingerprint density at radius 2 is 1.69 bits per heavy atom. The van der Waals surface area contributed by atoms with Gasteiger partial charge in [0.15, 0.2) is 0 Å². The van der Waals surface area contributed by atoms with Gasteiger partial charge in [0.1, 0.15) is 12.3 Å². The molecule has 0 radical (unpaired) electrons. The summed E-state index contributed by atoms with van der Waals surface area (Å²) in [5, 5.41) is 0. The van der Waals surface area contributed by atoms with Crippen LogP contribution < -0.4 is 0 Å². The van der Waals surface area contributed by atoms with E-state index < -0.39 is 31.2 Å². The summed E-state index contributed by atoms with van der Waals surface area (Å²) in [4.78, 5) is 0. The normalized spacial score (nSPS) is 36.2. The summed E-state index contributed by atoms with van der Waals surface area (Å²) in [6, 6.07) is 0. The number of ether oxygens (including phenoxy) is 1. The first-order chi connectivity index (χ1) is 5.88. The highest BCUT2D eigenvalue weighted by atomic mass is 19.4. The zero-order valence-corrected chi connectivity index (χ0v) is 6.65. The van der Waals surface area contributed by atoms with E-state index in [-0.39, 0.29) is 12.8 Å². The average molecular weight is 204 g/mol. The predicted octanol–water partition coefficient (Wildman–Crippen LogP) is 2.75. The second-order valence-electron chi connectivity index (χ2n) is 3.03. The highest BCUT2D eigenvalue weighted by Crippen LogP contribution is 2.30. The molecule has 13 heavy (non-hydrogen) atoms. The van der Waals surface area contributed by atoms with Crippen molar-refractivity contribution in [1.29, 1.82) is 0 Å². The van der Waals surface area contributed by atoms with Gasteiger partial charge in [-0.3, -0.25) is 4.74 Å². The second-order valence-corrected chi connectivity index (χ2v) is 3.03. The van der Waals surface area contributed by atoms with E-state index in [2.05, 4.69) is 4.74 Å². The molecule has 3 atom stereocenters. The van der Waals surface area contributed by atoms with Crippen molar-refractivity contribution in [3.05, 3.63) is 0 Å². The van der Waals surface area contributed by atoms with Crippen LogP contribution in [0.2, 0.25) is 0 Å². The Labute approximate surface area is 71.9 Å². The molecule has 1 fully saturated rings. The molecule has 0 bridgehead atoms. The Kier molecular flexibility index (Phi) is 3.10. The maximum absolute atomic E-state index is 12.8. The molecule has 1 nitrogen and oxygen atoms in total. The Morgan fingerprint density at radius 3 is 2.15 bits per heavy atom. The summed E-state index contributed by atoms with van der Waals surface area (Å²) in [7, 11) is 0. The lowest BCUT2D eigenvalue weighted by Crippen LogP contribution is -2.37.